The normalized spacial score (nSPS) is 12.3. The van der Waals surface area contributed by atoms with E-state index in [2.05, 4.69) is 5.32 Å². The Morgan fingerprint density at radius 1 is 1.18 bits per heavy atom. The van der Waals surface area contributed by atoms with Gasteiger partial charge in [-0.25, -0.2) is 8.42 Å². The summed E-state index contributed by atoms with van der Waals surface area (Å²) < 4.78 is 25.8. The summed E-state index contributed by atoms with van der Waals surface area (Å²) in [6.07, 6.45) is 0.969. The second-order valence-corrected chi connectivity index (χ2v) is 8.47. The Morgan fingerprint density at radius 2 is 1.82 bits per heavy atom. The van der Waals surface area contributed by atoms with E-state index in [-0.39, 0.29) is 17.9 Å². The third kappa shape index (κ3) is 4.86. The van der Waals surface area contributed by atoms with Crippen molar-refractivity contribution in [2.24, 2.45) is 0 Å². The Labute approximate surface area is 164 Å². The van der Waals surface area contributed by atoms with Gasteiger partial charge in [0.25, 0.3) is 5.69 Å². The van der Waals surface area contributed by atoms with Crippen LogP contribution >= 0.6 is 0 Å². The number of nitro benzene ring substituents is 1. The van der Waals surface area contributed by atoms with Gasteiger partial charge in [-0.2, -0.15) is 0 Å². The second kappa shape index (κ2) is 8.39. The summed E-state index contributed by atoms with van der Waals surface area (Å²) in [7, 11) is -3.87. The van der Waals surface area contributed by atoms with Crippen LogP contribution < -0.4 is 9.62 Å². The van der Waals surface area contributed by atoms with Crippen LogP contribution in [0.15, 0.2) is 42.5 Å². The lowest BCUT2D eigenvalue weighted by atomic mass is 10.1. The van der Waals surface area contributed by atoms with Crippen molar-refractivity contribution in [2.45, 2.75) is 33.4 Å². The number of sulfonamides is 1. The molecule has 0 aliphatic rings. The van der Waals surface area contributed by atoms with Crippen molar-refractivity contribution in [3.05, 3.63) is 69.3 Å². The van der Waals surface area contributed by atoms with Crippen LogP contribution in [0.4, 0.5) is 11.4 Å². The maximum Gasteiger partial charge on any atom is 0.271 e. The van der Waals surface area contributed by atoms with E-state index in [0.717, 1.165) is 21.7 Å². The van der Waals surface area contributed by atoms with Gasteiger partial charge in [0, 0.05) is 18.7 Å². The molecule has 1 N–H and O–H groups in total. The van der Waals surface area contributed by atoms with Crippen LogP contribution in [-0.2, 0) is 21.4 Å². The zero-order valence-corrected chi connectivity index (χ0v) is 17.0. The number of carbonyl (C=O) groups excluding carboxylic acids is 1. The van der Waals surface area contributed by atoms with E-state index in [1.54, 1.807) is 6.92 Å². The fraction of sp³-hybridized carbons (Fsp3) is 0.316. The quantitative estimate of drug-likeness (QED) is 0.563. The number of hydrogen-bond acceptors (Lipinski definition) is 5. The monoisotopic (exact) mass is 405 g/mol. The molecule has 2 aromatic carbocycles. The Morgan fingerprint density at radius 3 is 2.39 bits per heavy atom. The van der Waals surface area contributed by atoms with Crippen molar-refractivity contribution >= 4 is 27.3 Å². The zero-order chi connectivity index (χ0) is 21.1. The fourth-order valence-corrected chi connectivity index (χ4v) is 4.09. The van der Waals surface area contributed by atoms with Gasteiger partial charge in [0.15, 0.2) is 0 Å². The van der Waals surface area contributed by atoms with Crippen LogP contribution in [0.5, 0.6) is 0 Å². The lowest BCUT2D eigenvalue weighted by molar-refractivity contribution is -0.384. The van der Waals surface area contributed by atoms with Crippen LogP contribution in [0.1, 0.15) is 23.6 Å². The van der Waals surface area contributed by atoms with Gasteiger partial charge in [-0.05, 0) is 37.5 Å². The summed E-state index contributed by atoms with van der Waals surface area (Å²) in [4.78, 5) is 23.2. The molecule has 0 fully saturated rings. The lowest BCUT2D eigenvalue weighted by Gasteiger charge is -2.29. The Balaban J connectivity index is 2.33. The molecule has 9 heteroatoms. The molecule has 0 aliphatic carbocycles. The van der Waals surface area contributed by atoms with Gasteiger partial charge in [-0.15, -0.1) is 0 Å². The van der Waals surface area contributed by atoms with Crippen molar-refractivity contribution in [1.82, 2.24) is 5.32 Å². The molecule has 1 atom stereocenters. The molecule has 0 heterocycles. The van der Waals surface area contributed by atoms with Crippen LogP contribution in [0.25, 0.3) is 0 Å². The summed E-state index contributed by atoms with van der Waals surface area (Å²) in [5.41, 5.74) is 2.29. The molecule has 0 radical (unpaired) electrons. The molecule has 8 nitrogen and oxygen atoms in total. The van der Waals surface area contributed by atoms with Gasteiger partial charge >= 0.3 is 0 Å². The first-order valence-electron chi connectivity index (χ1n) is 8.59. The molecular formula is C19H23N3O5S. The van der Waals surface area contributed by atoms with E-state index < -0.39 is 26.9 Å². The highest BCUT2D eigenvalue weighted by Crippen LogP contribution is 2.29. The van der Waals surface area contributed by atoms with Crippen LogP contribution in [-0.4, -0.2) is 31.5 Å². The van der Waals surface area contributed by atoms with Gasteiger partial charge < -0.3 is 5.32 Å². The topological polar surface area (TPSA) is 110 Å². The molecule has 2 aromatic rings. The molecule has 0 aliphatic heterocycles. The molecule has 1 amide bonds. The average molecular weight is 405 g/mol. The number of rotatable bonds is 7. The maximum absolute atomic E-state index is 12.7. The minimum atomic E-state index is -3.87. The maximum atomic E-state index is 12.7. The van der Waals surface area contributed by atoms with Gasteiger partial charge in [0.05, 0.1) is 16.9 Å². The third-order valence-electron chi connectivity index (χ3n) is 4.44. The number of benzene rings is 2. The highest BCUT2D eigenvalue weighted by molar-refractivity contribution is 7.92. The standard InChI is InChI=1S/C19H23N3O5S/c1-13-7-5-6-8-16(13)12-20-19(23)15(3)21(28(4,26)27)18-11-17(22(24)25)10-9-14(18)2/h5-11,15H,12H2,1-4H3,(H,20,23)/t15-/m1/s1. The number of aryl methyl sites for hydroxylation is 2. The molecule has 0 saturated heterocycles. The van der Waals surface area contributed by atoms with Gasteiger partial charge in [0.1, 0.15) is 6.04 Å². The molecule has 0 saturated carbocycles. The van der Waals surface area contributed by atoms with Crippen LogP contribution in [0.2, 0.25) is 0 Å². The number of non-ortho nitro benzene ring substituents is 1. The first kappa shape index (κ1) is 21.4. The number of nitro groups is 1. The molecule has 0 unspecified atom stereocenters. The Hall–Kier alpha value is -2.94. The summed E-state index contributed by atoms with van der Waals surface area (Å²) in [6.45, 7) is 5.25. The van der Waals surface area contributed by atoms with Crippen molar-refractivity contribution < 1.29 is 18.1 Å². The molecule has 2 rings (SSSR count). The number of nitrogens with one attached hydrogen (secondary N) is 1. The van der Waals surface area contributed by atoms with Crippen molar-refractivity contribution in [3.63, 3.8) is 0 Å². The predicted octanol–water partition coefficient (Wildman–Crippen LogP) is 2.68. The lowest BCUT2D eigenvalue weighted by Crippen LogP contribution is -2.48. The number of amides is 1. The highest BCUT2D eigenvalue weighted by atomic mass is 32.2. The number of carbonyl (C=O) groups is 1. The smallest absolute Gasteiger partial charge is 0.271 e. The van der Waals surface area contributed by atoms with E-state index >= 15 is 0 Å². The third-order valence-corrected chi connectivity index (χ3v) is 5.67. The van der Waals surface area contributed by atoms with E-state index in [1.165, 1.54) is 25.1 Å². The largest absolute Gasteiger partial charge is 0.350 e. The van der Waals surface area contributed by atoms with Crippen LogP contribution in [0.3, 0.4) is 0 Å². The first-order valence-corrected chi connectivity index (χ1v) is 10.4. The van der Waals surface area contributed by atoms with E-state index in [4.69, 9.17) is 0 Å². The Kier molecular flexibility index (Phi) is 6.40. The SMILES string of the molecule is Cc1ccccc1CNC(=O)[C@@H](C)N(c1cc([N+](=O)[O-])ccc1C)S(C)(=O)=O. The summed E-state index contributed by atoms with van der Waals surface area (Å²) in [5, 5.41) is 13.8. The van der Waals surface area contributed by atoms with Gasteiger partial charge in [-0.1, -0.05) is 30.3 Å². The van der Waals surface area contributed by atoms with Crippen molar-refractivity contribution in [1.29, 1.82) is 0 Å². The molecule has 0 bridgehead atoms. The second-order valence-electron chi connectivity index (χ2n) is 6.61. The van der Waals surface area contributed by atoms with Gasteiger partial charge in [0.2, 0.25) is 15.9 Å². The predicted molar refractivity (Wildman–Crippen MR) is 108 cm³/mol. The number of hydrogen-bond donors (Lipinski definition) is 1. The number of nitrogens with zero attached hydrogens (tertiary/aromatic N) is 2. The minimum absolute atomic E-state index is 0.107. The molecule has 0 spiro atoms. The molecule has 28 heavy (non-hydrogen) atoms. The summed E-state index contributed by atoms with van der Waals surface area (Å²) >= 11 is 0. The fourth-order valence-electron chi connectivity index (χ4n) is 2.87. The zero-order valence-electron chi connectivity index (χ0n) is 16.2. The molecular weight excluding hydrogens is 382 g/mol. The van der Waals surface area contributed by atoms with E-state index in [0.29, 0.717) is 5.56 Å². The first-order chi connectivity index (χ1) is 13.0. The van der Waals surface area contributed by atoms with Crippen molar-refractivity contribution in [2.75, 3.05) is 10.6 Å². The van der Waals surface area contributed by atoms with E-state index in [9.17, 15) is 23.3 Å². The van der Waals surface area contributed by atoms with Gasteiger partial charge in [-0.3, -0.25) is 19.2 Å². The summed E-state index contributed by atoms with van der Waals surface area (Å²) in [5.74, 6) is -0.500. The average Bonchev–Trinajstić information content (AvgIpc) is 2.61. The number of anilines is 1. The summed E-state index contributed by atoms with van der Waals surface area (Å²) in [6, 6.07) is 10.4. The minimum Gasteiger partial charge on any atom is -0.350 e. The van der Waals surface area contributed by atoms with E-state index in [1.807, 2.05) is 31.2 Å². The molecule has 0 aromatic heterocycles. The van der Waals surface area contributed by atoms with Crippen LogP contribution in [0, 0.1) is 24.0 Å². The Bertz CT molecular complexity index is 1000. The van der Waals surface area contributed by atoms with Crippen molar-refractivity contribution in [3.8, 4) is 0 Å². The highest BCUT2D eigenvalue weighted by Gasteiger charge is 2.31. The molecule has 150 valence electrons.